The van der Waals surface area contributed by atoms with Crippen LogP contribution in [0.5, 0.6) is 0 Å². The average Bonchev–Trinajstić information content (AvgIpc) is 4.03. The first-order chi connectivity index (χ1) is 26.9. The fourth-order valence-corrected chi connectivity index (χ4v) is 10.2. The number of anilines is 1. The summed E-state index contributed by atoms with van der Waals surface area (Å²) in [4.78, 5) is 40.2. The van der Waals surface area contributed by atoms with Gasteiger partial charge in [0.1, 0.15) is 11.6 Å². The summed E-state index contributed by atoms with van der Waals surface area (Å²) >= 11 is 6.83. The van der Waals surface area contributed by atoms with Gasteiger partial charge in [-0.1, -0.05) is 24.3 Å². The zero-order chi connectivity index (χ0) is 38.9. The number of halogens is 1. The van der Waals surface area contributed by atoms with Gasteiger partial charge in [-0.15, -0.1) is 0 Å². The second-order valence-corrected chi connectivity index (χ2v) is 16.9. The van der Waals surface area contributed by atoms with Crippen LogP contribution < -0.4 is 4.42 Å². The largest absolute Gasteiger partial charge is 0.481 e. The SMILES string of the molecule is Cc1c(-c2cccc(N(Cl)C(=O)c3nc4c(n3C)CCN(CC35CCC(C(=O)O)(CC3)C5)C4)c2)cccc1-c1nc2cc(CN3CCC(O)C3)cc(C#N)c2o1. The van der Waals surface area contributed by atoms with Gasteiger partial charge in [0, 0.05) is 75.8 Å². The van der Waals surface area contributed by atoms with Gasteiger partial charge in [0.2, 0.25) is 11.7 Å². The first-order valence-electron chi connectivity index (χ1n) is 19.4. The van der Waals surface area contributed by atoms with Crippen LogP contribution in [0, 0.1) is 29.1 Å². The molecule has 288 valence electrons. The maximum Gasteiger partial charge on any atom is 0.309 e. The molecule has 2 N–H and O–H groups in total. The monoisotopic (exact) mass is 773 g/mol. The lowest BCUT2D eigenvalue weighted by Crippen LogP contribution is -2.39. The minimum Gasteiger partial charge on any atom is -0.481 e. The molecule has 2 aliphatic carbocycles. The van der Waals surface area contributed by atoms with Crippen LogP contribution in [0.15, 0.2) is 59.0 Å². The molecule has 9 rings (SSSR count). The van der Waals surface area contributed by atoms with Gasteiger partial charge >= 0.3 is 11.9 Å². The van der Waals surface area contributed by atoms with Gasteiger partial charge in [-0.05, 0) is 103 Å². The number of oxazole rings is 1. The highest BCUT2D eigenvalue weighted by Gasteiger charge is 2.58. The molecule has 5 aromatic rings. The van der Waals surface area contributed by atoms with E-state index in [1.54, 1.807) is 6.07 Å². The Morgan fingerprint density at radius 1 is 1.05 bits per heavy atom. The van der Waals surface area contributed by atoms with Crippen LogP contribution in [-0.4, -0.2) is 78.7 Å². The van der Waals surface area contributed by atoms with E-state index in [1.807, 2.05) is 67.1 Å². The third-order valence-electron chi connectivity index (χ3n) is 13.0. The summed E-state index contributed by atoms with van der Waals surface area (Å²) in [6.07, 6.45) is 5.35. The summed E-state index contributed by atoms with van der Waals surface area (Å²) in [6.45, 7) is 6.34. The zero-order valence-electron chi connectivity index (χ0n) is 31.6. The maximum atomic E-state index is 14.0. The van der Waals surface area contributed by atoms with Gasteiger partial charge in [0.25, 0.3) is 0 Å². The third-order valence-corrected chi connectivity index (χ3v) is 13.3. The van der Waals surface area contributed by atoms with Gasteiger partial charge in [-0.3, -0.25) is 19.4 Å². The van der Waals surface area contributed by atoms with E-state index in [-0.39, 0.29) is 17.3 Å². The number of amides is 1. The molecule has 2 aliphatic heterocycles. The fourth-order valence-electron chi connectivity index (χ4n) is 9.99. The molecule has 2 bridgehead atoms. The quantitative estimate of drug-likeness (QED) is 0.153. The van der Waals surface area contributed by atoms with Crippen molar-refractivity contribution < 1.29 is 24.2 Å². The number of carboxylic acid groups (broad SMARTS) is 1. The predicted molar refractivity (Wildman–Crippen MR) is 211 cm³/mol. The number of carbonyl (C=O) groups excluding carboxylic acids is 1. The number of aliphatic carboxylic acids is 1. The summed E-state index contributed by atoms with van der Waals surface area (Å²) < 4.78 is 9.23. The Kier molecular flexibility index (Phi) is 9.04. The molecule has 1 unspecified atom stereocenters. The zero-order valence-corrected chi connectivity index (χ0v) is 32.3. The standard InChI is InChI=1S/C43H44ClN7O5/c1-26-32(7-4-8-33(26)39-47-34-18-27(17-29(20-45)37(34)56-39)21-49-15-9-31(52)22-49)28-5-3-6-30(19-28)51(44)40(53)38-46-35-23-50(16-10-36(35)48(38)2)25-42-11-13-43(24-42,14-12-42)41(54)55/h3-8,17-19,31,52H,9-16,21-25H2,1-2H3,(H,54,55). The number of carboxylic acids is 1. The Labute approximate surface area is 330 Å². The van der Waals surface area contributed by atoms with E-state index < -0.39 is 17.3 Å². The first kappa shape index (κ1) is 36.6. The summed E-state index contributed by atoms with van der Waals surface area (Å²) in [7, 11) is 1.86. The number of aliphatic hydroxyl groups is 1. The molecule has 3 fully saturated rings. The number of aliphatic hydroxyl groups excluding tert-OH is 1. The van der Waals surface area contributed by atoms with Crippen molar-refractivity contribution in [1.29, 1.82) is 5.26 Å². The highest BCUT2D eigenvalue weighted by molar-refractivity contribution is 6.38. The van der Waals surface area contributed by atoms with Crippen LogP contribution in [-0.2, 0) is 31.4 Å². The number of β-amino-alcohol motifs (C(OH)–C–C–N with tert-alkyl or cyclic N) is 1. The van der Waals surface area contributed by atoms with E-state index in [2.05, 4.69) is 15.9 Å². The van der Waals surface area contributed by atoms with Crippen LogP contribution in [0.3, 0.4) is 0 Å². The molecule has 1 amide bonds. The van der Waals surface area contributed by atoms with Crippen LogP contribution in [0.2, 0.25) is 0 Å². The number of nitrogens with zero attached hydrogens (tertiary/aromatic N) is 7. The van der Waals surface area contributed by atoms with Crippen molar-refractivity contribution >= 4 is 40.4 Å². The lowest BCUT2D eigenvalue weighted by molar-refractivity contribution is -0.148. The van der Waals surface area contributed by atoms with Crippen molar-refractivity contribution in [2.45, 2.75) is 71.1 Å². The average molecular weight is 774 g/mol. The Hall–Kier alpha value is -5.06. The molecule has 1 atom stereocenters. The van der Waals surface area contributed by atoms with Gasteiger partial charge in [0.05, 0.1) is 28.5 Å². The Morgan fingerprint density at radius 2 is 1.84 bits per heavy atom. The van der Waals surface area contributed by atoms with Gasteiger partial charge in [-0.2, -0.15) is 5.26 Å². The third kappa shape index (κ3) is 6.27. The molecule has 0 spiro atoms. The smallest absolute Gasteiger partial charge is 0.309 e. The van der Waals surface area contributed by atoms with E-state index in [0.29, 0.717) is 47.9 Å². The molecule has 0 radical (unpaired) electrons. The van der Waals surface area contributed by atoms with Gasteiger partial charge in [0.15, 0.2) is 5.58 Å². The molecule has 1 saturated heterocycles. The van der Waals surface area contributed by atoms with E-state index >= 15 is 0 Å². The summed E-state index contributed by atoms with van der Waals surface area (Å²) in [5, 5.41) is 29.8. The highest BCUT2D eigenvalue weighted by Crippen LogP contribution is 2.62. The lowest BCUT2D eigenvalue weighted by Gasteiger charge is -2.35. The normalized spacial score (nSPS) is 23.4. The highest BCUT2D eigenvalue weighted by atomic mass is 35.5. The van der Waals surface area contributed by atoms with E-state index in [1.165, 1.54) is 0 Å². The molecule has 4 heterocycles. The molecule has 12 nitrogen and oxygen atoms in total. The van der Waals surface area contributed by atoms with Crippen LogP contribution >= 0.6 is 11.8 Å². The van der Waals surface area contributed by atoms with Crippen molar-refractivity contribution in [2.24, 2.45) is 17.9 Å². The summed E-state index contributed by atoms with van der Waals surface area (Å²) in [6, 6.07) is 19.4. The van der Waals surface area contributed by atoms with E-state index in [4.69, 9.17) is 26.2 Å². The van der Waals surface area contributed by atoms with Crippen LogP contribution in [0.4, 0.5) is 5.69 Å². The number of nitriles is 1. The number of hydrogen-bond acceptors (Lipinski definition) is 9. The molecule has 2 saturated carbocycles. The van der Waals surface area contributed by atoms with Crippen molar-refractivity contribution in [3.05, 3.63) is 88.5 Å². The van der Waals surface area contributed by atoms with E-state index in [9.17, 15) is 25.1 Å². The second kappa shape index (κ2) is 13.8. The molecule has 3 aromatic carbocycles. The molecule has 13 heteroatoms. The second-order valence-electron chi connectivity index (χ2n) is 16.5. The van der Waals surface area contributed by atoms with Crippen LogP contribution in [0.25, 0.3) is 33.7 Å². The molecule has 56 heavy (non-hydrogen) atoms. The minimum atomic E-state index is -0.646. The Morgan fingerprint density at radius 3 is 2.57 bits per heavy atom. The number of imidazole rings is 1. The number of likely N-dealkylation sites (tertiary alicyclic amines) is 1. The Balaban J connectivity index is 0.933. The van der Waals surface area contributed by atoms with Crippen molar-refractivity contribution in [1.82, 2.24) is 24.3 Å². The molecule has 4 aliphatic rings. The topological polar surface area (TPSA) is 152 Å². The van der Waals surface area contributed by atoms with Gasteiger partial charge in [-0.25, -0.2) is 14.4 Å². The number of rotatable bonds is 9. The lowest BCUT2D eigenvalue weighted by atomic mass is 9.81. The van der Waals surface area contributed by atoms with Crippen LogP contribution in [0.1, 0.15) is 77.2 Å². The number of hydrogen-bond donors (Lipinski definition) is 2. The fraction of sp³-hybridized carbons (Fsp3) is 0.419. The number of aromatic nitrogens is 3. The number of fused-ring (bicyclic) bond motifs is 4. The van der Waals surface area contributed by atoms with E-state index in [0.717, 1.165) is 108 Å². The first-order valence-corrected chi connectivity index (χ1v) is 19.7. The predicted octanol–water partition coefficient (Wildman–Crippen LogP) is 6.84. The van der Waals surface area contributed by atoms with Crippen molar-refractivity contribution in [3.63, 3.8) is 0 Å². The van der Waals surface area contributed by atoms with Gasteiger partial charge < -0.3 is 19.2 Å². The maximum absolute atomic E-state index is 14.0. The molecule has 2 aromatic heterocycles. The molecular weight excluding hydrogens is 730 g/mol. The summed E-state index contributed by atoms with van der Waals surface area (Å²) in [5.41, 5.74) is 7.76. The number of carbonyl (C=O) groups is 2. The Bertz CT molecular complexity index is 2440. The minimum absolute atomic E-state index is 0.0478. The summed E-state index contributed by atoms with van der Waals surface area (Å²) in [5.74, 6) is -0.387. The van der Waals surface area contributed by atoms with Crippen molar-refractivity contribution in [2.75, 3.05) is 30.6 Å². The van der Waals surface area contributed by atoms with Crippen molar-refractivity contribution in [3.8, 4) is 28.7 Å². The molecular formula is C43H44ClN7O5. The number of benzene rings is 3.